The van der Waals surface area contributed by atoms with Gasteiger partial charge >= 0.3 is 0 Å². The summed E-state index contributed by atoms with van der Waals surface area (Å²) in [7, 11) is 0. The lowest BCUT2D eigenvalue weighted by Gasteiger charge is -2.25. The van der Waals surface area contributed by atoms with E-state index >= 15 is 0 Å². The minimum Gasteiger partial charge on any atom is -0.396 e. The molecule has 0 bridgehead atoms. The quantitative estimate of drug-likeness (QED) is 0.935. The zero-order valence-corrected chi connectivity index (χ0v) is 14.9. The molecule has 2 aliphatic rings. The van der Waals surface area contributed by atoms with Crippen LogP contribution in [0.1, 0.15) is 41.0 Å². The zero-order chi connectivity index (χ0) is 17.6. The Balaban J connectivity index is 1.53. The predicted molar refractivity (Wildman–Crippen MR) is 95.8 cm³/mol. The van der Waals surface area contributed by atoms with Crippen molar-refractivity contribution in [3.8, 4) is 5.69 Å². The molecule has 1 aromatic heterocycles. The Bertz CT molecular complexity index is 796. The number of aromatic nitrogens is 2. The Labute approximate surface area is 148 Å². The fourth-order valence-corrected chi connectivity index (χ4v) is 4.65. The lowest BCUT2D eigenvalue weighted by atomic mass is 9.82. The van der Waals surface area contributed by atoms with E-state index in [4.69, 9.17) is 0 Å². The fraction of sp³-hybridized carbons (Fsp3) is 0.500. The molecule has 132 valence electrons. The molecule has 1 aliphatic carbocycles. The highest BCUT2D eigenvalue weighted by Crippen LogP contribution is 2.48. The first kappa shape index (κ1) is 16.3. The van der Waals surface area contributed by atoms with Gasteiger partial charge in [0, 0.05) is 29.8 Å². The Morgan fingerprint density at radius 2 is 2.08 bits per heavy atom. The number of rotatable bonds is 3. The number of aliphatic hydroxyl groups excluding tert-OH is 1. The molecule has 0 spiro atoms. The van der Waals surface area contributed by atoms with Gasteiger partial charge < -0.3 is 10.0 Å². The van der Waals surface area contributed by atoms with Crippen LogP contribution < -0.4 is 0 Å². The Hall–Kier alpha value is -2.14. The number of carbonyl (C=O) groups is 1. The van der Waals surface area contributed by atoms with Crippen molar-refractivity contribution in [1.29, 1.82) is 0 Å². The first-order valence-electron chi connectivity index (χ1n) is 9.06. The number of hydrogen-bond donors (Lipinski definition) is 1. The third-order valence-electron chi connectivity index (χ3n) is 6.01. The Morgan fingerprint density at radius 3 is 2.68 bits per heavy atom. The van der Waals surface area contributed by atoms with E-state index in [1.54, 1.807) is 0 Å². The van der Waals surface area contributed by atoms with Crippen LogP contribution in [0.3, 0.4) is 0 Å². The van der Waals surface area contributed by atoms with E-state index in [-0.39, 0.29) is 17.9 Å². The normalized spacial score (nSPS) is 25.4. The molecule has 5 nitrogen and oxygen atoms in total. The lowest BCUT2D eigenvalue weighted by molar-refractivity contribution is 0.0734. The molecule has 5 heteroatoms. The smallest absolute Gasteiger partial charge is 0.253 e. The summed E-state index contributed by atoms with van der Waals surface area (Å²) in [5.41, 5.74) is 3.68. The predicted octanol–water partition coefficient (Wildman–Crippen LogP) is 2.72. The Morgan fingerprint density at radius 1 is 1.32 bits per heavy atom. The summed E-state index contributed by atoms with van der Waals surface area (Å²) in [5, 5.41) is 14.3. The molecule has 2 heterocycles. The molecule has 2 atom stereocenters. The summed E-state index contributed by atoms with van der Waals surface area (Å²) in [4.78, 5) is 14.8. The van der Waals surface area contributed by atoms with E-state index < -0.39 is 0 Å². The maximum absolute atomic E-state index is 12.9. The van der Waals surface area contributed by atoms with Crippen LogP contribution >= 0.6 is 0 Å². The number of fused-ring (bicyclic) bond motifs is 1. The van der Waals surface area contributed by atoms with E-state index in [0.29, 0.717) is 18.0 Å². The maximum Gasteiger partial charge on any atom is 0.253 e. The van der Waals surface area contributed by atoms with Crippen molar-refractivity contribution in [2.24, 2.45) is 11.3 Å². The second-order valence-electron chi connectivity index (χ2n) is 7.68. The molecular formula is C20H25N3O2. The zero-order valence-electron chi connectivity index (χ0n) is 14.9. The van der Waals surface area contributed by atoms with E-state index in [0.717, 1.165) is 36.5 Å². The number of benzene rings is 1. The molecule has 4 rings (SSSR count). The number of aryl methyl sites for hydroxylation is 2. The van der Waals surface area contributed by atoms with Crippen LogP contribution in [0.4, 0.5) is 0 Å². The molecule has 1 saturated heterocycles. The molecule has 1 aliphatic heterocycles. The summed E-state index contributed by atoms with van der Waals surface area (Å²) in [6.07, 6.45) is 3.33. The van der Waals surface area contributed by atoms with Gasteiger partial charge in [-0.05, 0) is 62.9 Å². The highest BCUT2D eigenvalue weighted by Gasteiger charge is 2.50. The number of amides is 1. The second-order valence-corrected chi connectivity index (χ2v) is 7.68. The molecule has 1 amide bonds. The number of carbonyl (C=O) groups excluding carboxylic acids is 1. The molecule has 25 heavy (non-hydrogen) atoms. The highest BCUT2D eigenvalue weighted by atomic mass is 16.3. The van der Waals surface area contributed by atoms with Crippen LogP contribution in [0.15, 0.2) is 30.3 Å². The second kappa shape index (κ2) is 5.99. The molecule has 0 unspecified atom stereocenters. The molecule has 1 N–H and O–H groups in total. The topological polar surface area (TPSA) is 58.4 Å². The van der Waals surface area contributed by atoms with Gasteiger partial charge in [-0.3, -0.25) is 4.79 Å². The van der Waals surface area contributed by atoms with Gasteiger partial charge in [0.05, 0.1) is 18.0 Å². The summed E-state index contributed by atoms with van der Waals surface area (Å²) in [6, 6.07) is 9.70. The van der Waals surface area contributed by atoms with Crippen LogP contribution in [0.5, 0.6) is 0 Å². The van der Waals surface area contributed by atoms with Crippen LogP contribution in [-0.4, -0.2) is 45.4 Å². The number of hydrogen-bond acceptors (Lipinski definition) is 3. The van der Waals surface area contributed by atoms with Crippen molar-refractivity contribution in [3.63, 3.8) is 0 Å². The third-order valence-corrected chi connectivity index (χ3v) is 6.01. The largest absolute Gasteiger partial charge is 0.396 e. The van der Waals surface area contributed by atoms with Crippen LogP contribution in [0.2, 0.25) is 0 Å². The van der Waals surface area contributed by atoms with Crippen molar-refractivity contribution in [2.45, 2.75) is 33.1 Å². The Kier molecular flexibility index (Phi) is 3.91. The monoisotopic (exact) mass is 339 g/mol. The van der Waals surface area contributed by atoms with Crippen LogP contribution in [0.25, 0.3) is 5.69 Å². The average molecular weight is 339 g/mol. The van der Waals surface area contributed by atoms with Crippen molar-refractivity contribution in [2.75, 3.05) is 19.7 Å². The third kappa shape index (κ3) is 2.67. The number of aliphatic hydroxyl groups is 1. The number of nitrogens with zero attached hydrogens (tertiary/aromatic N) is 3. The standard InChI is InChI=1S/C20H25N3O2/c1-14-10-15(2)23(21-14)18-7-5-16(6-8-18)19(25)22-11-17-4-3-9-20(17,12-22)13-24/h5-8,10,17,24H,3-4,9,11-13H2,1-2H3/t17-,20+/m1/s1. The molecule has 0 radical (unpaired) electrons. The summed E-state index contributed by atoms with van der Waals surface area (Å²) >= 11 is 0. The summed E-state index contributed by atoms with van der Waals surface area (Å²) in [5.74, 6) is 0.526. The minimum absolute atomic E-state index is 0.0562. The molecule has 2 fully saturated rings. The lowest BCUT2D eigenvalue weighted by Crippen LogP contribution is -2.33. The van der Waals surface area contributed by atoms with E-state index in [1.807, 2.05) is 53.8 Å². The van der Waals surface area contributed by atoms with E-state index in [2.05, 4.69) is 5.10 Å². The van der Waals surface area contributed by atoms with Gasteiger partial charge in [-0.25, -0.2) is 4.68 Å². The first-order chi connectivity index (χ1) is 12.0. The van der Waals surface area contributed by atoms with Gasteiger partial charge in [0.25, 0.3) is 5.91 Å². The van der Waals surface area contributed by atoms with Gasteiger partial charge in [-0.15, -0.1) is 0 Å². The maximum atomic E-state index is 12.9. The van der Waals surface area contributed by atoms with E-state index in [9.17, 15) is 9.90 Å². The van der Waals surface area contributed by atoms with E-state index in [1.165, 1.54) is 6.42 Å². The van der Waals surface area contributed by atoms with Gasteiger partial charge in [0.2, 0.25) is 0 Å². The van der Waals surface area contributed by atoms with Gasteiger partial charge in [0.1, 0.15) is 0 Å². The van der Waals surface area contributed by atoms with Gasteiger partial charge in [-0.2, -0.15) is 5.10 Å². The summed E-state index contributed by atoms with van der Waals surface area (Å²) < 4.78 is 1.89. The average Bonchev–Trinajstić information content (AvgIpc) is 3.26. The molecule has 1 saturated carbocycles. The molecular weight excluding hydrogens is 314 g/mol. The summed E-state index contributed by atoms with van der Waals surface area (Å²) in [6.45, 7) is 5.65. The fourth-order valence-electron chi connectivity index (χ4n) is 4.65. The van der Waals surface area contributed by atoms with Crippen LogP contribution in [0, 0.1) is 25.2 Å². The molecule has 2 aromatic rings. The highest BCUT2D eigenvalue weighted by molar-refractivity contribution is 5.94. The van der Waals surface area contributed by atoms with Gasteiger partial charge in [-0.1, -0.05) is 6.42 Å². The molecule has 1 aromatic carbocycles. The van der Waals surface area contributed by atoms with Crippen molar-refractivity contribution >= 4 is 5.91 Å². The van der Waals surface area contributed by atoms with Crippen LogP contribution in [-0.2, 0) is 0 Å². The SMILES string of the molecule is Cc1cc(C)n(-c2ccc(C(=O)N3C[C@H]4CCC[C@@]4(CO)C3)cc2)n1. The number of likely N-dealkylation sites (tertiary alicyclic amines) is 1. The van der Waals surface area contributed by atoms with Crippen molar-refractivity contribution in [1.82, 2.24) is 14.7 Å². The van der Waals surface area contributed by atoms with Gasteiger partial charge in [0.15, 0.2) is 0 Å². The first-order valence-corrected chi connectivity index (χ1v) is 9.06. The minimum atomic E-state index is -0.0562. The van der Waals surface area contributed by atoms with Crippen molar-refractivity contribution < 1.29 is 9.90 Å². The van der Waals surface area contributed by atoms with Crippen molar-refractivity contribution in [3.05, 3.63) is 47.3 Å².